The first kappa shape index (κ1) is 6.58. The number of fused-ring (bicyclic) bond motifs is 1. The maximum atomic E-state index is 5.57. The van der Waals surface area contributed by atoms with E-state index in [1.807, 2.05) is 0 Å². The number of rotatable bonds is 0. The molecule has 2 aliphatic rings. The summed E-state index contributed by atoms with van der Waals surface area (Å²) in [7, 11) is 2.14. The summed E-state index contributed by atoms with van der Waals surface area (Å²) in [6.45, 7) is 4.15. The third-order valence-corrected chi connectivity index (χ3v) is 2.29. The first-order valence-corrected chi connectivity index (χ1v) is 3.90. The Labute approximate surface area is 61.3 Å². The Balaban J connectivity index is 1.97. The van der Waals surface area contributed by atoms with Crippen molar-refractivity contribution < 1.29 is 4.74 Å². The first-order valence-electron chi connectivity index (χ1n) is 3.90. The molecule has 2 fully saturated rings. The van der Waals surface area contributed by atoms with Crippen LogP contribution in [0.25, 0.3) is 0 Å². The Hall–Kier alpha value is -0.120. The van der Waals surface area contributed by atoms with Crippen molar-refractivity contribution in [3.63, 3.8) is 0 Å². The lowest BCUT2D eigenvalue weighted by molar-refractivity contribution is 0.0184. The molecule has 3 heteroatoms. The van der Waals surface area contributed by atoms with Gasteiger partial charge in [-0.05, 0) is 7.05 Å². The van der Waals surface area contributed by atoms with Gasteiger partial charge in [0.05, 0.1) is 12.7 Å². The SMILES string of the molecule is CN1CC2NCCO[C@H]2C1. The number of hydrogen-bond donors (Lipinski definition) is 1. The van der Waals surface area contributed by atoms with Crippen LogP contribution in [0.5, 0.6) is 0 Å². The van der Waals surface area contributed by atoms with E-state index in [0.717, 1.165) is 26.2 Å². The third-order valence-electron chi connectivity index (χ3n) is 2.29. The standard InChI is InChI=1S/C7H14N2O/c1-9-4-6-7(5-9)10-3-2-8-6/h6-8H,2-5H2,1H3/t6?,7-/m0/s1. The predicted molar refractivity (Wildman–Crippen MR) is 39.0 cm³/mol. The second-order valence-electron chi connectivity index (χ2n) is 3.19. The molecule has 0 spiro atoms. The summed E-state index contributed by atoms with van der Waals surface area (Å²) < 4.78 is 5.57. The van der Waals surface area contributed by atoms with E-state index in [-0.39, 0.29) is 0 Å². The molecule has 0 aromatic carbocycles. The molecule has 0 aromatic heterocycles. The van der Waals surface area contributed by atoms with Crippen molar-refractivity contribution in [2.45, 2.75) is 12.1 Å². The molecule has 3 nitrogen and oxygen atoms in total. The normalized spacial score (nSPS) is 41.7. The average molecular weight is 142 g/mol. The average Bonchev–Trinajstić information content (AvgIpc) is 2.27. The van der Waals surface area contributed by atoms with Gasteiger partial charge < -0.3 is 15.0 Å². The van der Waals surface area contributed by atoms with Crippen LogP contribution in [0.2, 0.25) is 0 Å². The van der Waals surface area contributed by atoms with Gasteiger partial charge in [0.2, 0.25) is 0 Å². The molecule has 0 bridgehead atoms. The van der Waals surface area contributed by atoms with Gasteiger partial charge in [-0.3, -0.25) is 0 Å². The molecule has 2 rings (SSSR count). The van der Waals surface area contributed by atoms with Crippen LogP contribution >= 0.6 is 0 Å². The van der Waals surface area contributed by atoms with E-state index in [4.69, 9.17) is 4.74 Å². The van der Waals surface area contributed by atoms with Crippen LogP contribution in [0.1, 0.15) is 0 Å². The van der Waals surface area contributed by atoms with Gasteiger partial charge in [0.25, 0.3) is 0 Å². The Bertz CT molecular complexity index is 115. The van der Waals surface area contributed by atoms with E-state index in [1.165, 1.54) is 0 Å². The van der Waals surface area contributed by atoms with E-state index in [9.17, 15) is 0 Å². The highest BCUT2D eigenvalue weighted by Gasteiger charge is 2.33. The summed E-state index contributed by atoms with van der Waals surface area (Å²) in [5, 5.41) is 3.44. The smallest absolute Gasteiger partial charge is 0.0867 e. The van der Waals surface area contributed by atoms with Crippen LogP contribution in [0, 0.1) is 0 Å². The fourth-order valence-electron chi connectivity index (χ4n) is 1.78. The van der Waals surface area contributed by atoms with Gasteiger partial charge in [0, 0.05) is 25.7 Å². The summed E-state index contributed by atoms with van der Waals surface area (Å²) in [5.41, 5.74) is 0. The monoisotopic (exact) mass is 142 g/mol. The number of ether oxygens (including phenoxy) is 1. The highest BCUT2D eigenvalue weighted by Crippen LogP contribution is 2.13. The zero-order chi connectivity index (χ0) is 6.97. The van der Waals surface area contributed by atoms with Gasteiger partial charge >= 0.3 is 0 Å². The molecule has 0 aliphatic carbocycles. The predicted octanol–water partition coefficient (Wildman–Crippen LogP) is -0.711. The summed E-state index contributed by atoms with van der Waals surface area (Å²) in [4.78, 5) is 2.31. The fraction of sp³-hybridized carbons (Fsp3) is 1.00. The van der Waals surface area contributed by atoms with Crippen molar-refractivity contribution in [1.82, 2.24) is 10.2 Å². The highest BCUT2D eigenvalue weighted by molar-refractivity contribution is 4.90. The minimum absolute atomic E-state index is 0.457. The van der Waals surface area contributed by atoms with Crippen LogP contribution in [-0.4, -0.2) is 50.3 Å². The molecule has 0 radical (unpaired) electrons. The third kappa shape index (κ3) is 1.05. The molecule has 10 heavy (non-hydrogen) atoms. The number of hydrogen-bond acceptors (Lipinski definition) is 3. The summed E-state index contributed by atoms with van der Waals surface area (Å²) in [6.07, 6.45) is 0.457. The van der Waals surface area contributed by atoms with E-state index < -0.39 is 0 Å². The molecule has 58 valence electrons. The number of likely N-dealkylation sites (N-methyl/N-ethyl adjacent to an activating group) is 1. The van der Waals surface area contributed by atoms with Crippen LogP contribution < -0.4 is 5.32 Å². The minimum atomic E-state index is 0.457. The van der Waals surface area contributed by atoms with Gasteiger partial charge in [-0.25, -0.2) is 0 Å². The number of morpholine rings is 1. The van der Waals surface area contributed by atoms with Gasteiger partial charge in [-0.15, -0.1) is 0 Å². The molecule has 2 saturated heterocycles. The summed E-state index contributed by atoms with van der Waals surface area (Å²) in [6, 6.07) is 0.596. The molecular weight excluding hydrogens is 128 g/mol. The Kier molecular flexibility index (Phi) is 1.64. The van der Waals surface area contributed by atoms with E-state index in [2.05, 4.69) is 17.3 Å². The maximum Gasteiger partial charge on any atom is 0.0867 e. The first-order chi connectivity index (χ1) is 4.86. The zero-order valence-corrected chi connectivity index (χ0v) is 6.34. The van der Waals surface area contributed by atoms with E-state index in [1.54, 1.807) is 0 Å². The number of nitrogens with zero attached hydrogens (tertiary/aromatic N) is 1. The van der Waals surface area contributed by atoms with Gasteiger partial charge in [0.1, 0.15) is 0 Å². The van der Waals surface area contributed by atoms with Crippen LogP contribution in [0.3, 0.4) is 0 Å². The quantitative estimate of drug-likeness (QED) is 0.483. The van der Waals surface area contributed by atoms with Gasteiger partial charge in [-0.2, -0.15) is 0 Å². The number of likely N-dealkylation sites (tertiary alicyclic amines) is 1. The molecule has 1 unspecified atom stereocenters. The Morgan fingerprint density at radius 2 is 2.40 bits per heavy atom. The summed E-state index contributed by atoms with van der Waals surface area (Å²) >= 11 is 0. The van der Waals surface area contributed by atoms with Crippen molar-refractivity contribution in [2.75, 3.05) is 33.3 Å². The van der Waals surface area contributed by atoms with Crippen molar-refractivity contribution >= 4 is 0 Å². The van der Waals surface area contributed by atoms with Crippen LogP contribution in [-0.2, 0) is 4.74 Å². The number of nitrogens with one attached hydrogen (secondary N) is 1. The molecule has 2 heterocycles. The fourth-order valence-corrected chi connectivity index (χ4v) is 1.78. The maximum absolute atomic E-state index is 5.57. The highest BCUT2D eigenvalue weighted by atomic mass is 16.5. The lowest BCUT2D eigenvalue weighted by Gasteiger charge is -2.25. The van der Waals surface area contributed by atoms with E-state index in [0.29, 0.717) is 12.1 Å². The minimum Gasteiger partial charge on any atom is -0.374 e. The van der Waals surface area contributed by atoms with Crippen LogP contribution in [0.4, 0.5) is 0 Å². The zero-order valence-electron chi connectivity index (χ0n) is 6.34. The molecule has 2 atom stereocenters. The van der Waals surface area contributed by atoms with Gasteiger partial charge in [-0.1, -0.05) is 0 Å². The topological polar surface area (TPSA) is 24.5 Å². The largest absolute Gasteiger partial charge is 0.374 e. The van der Waals surface area contributed by atoms with Crippen molar-refractivity contribution in [2.24, 2.45) is 0 Å². The Morgan fingerprint density at radius 3 is 3.20 bits per heavy atom. The molecular formula is C7H14N2O. The lowest BCUT2D eigenvalue weighted by Crippen LogP contribution is -2.47. The second-order valence-corrected chi connectivity index (χ2v) is 3.19. The Morgan fingerprint density at radius 1 is 1.50 bits per heavy atom. The second kappa shape index (κ2) is 2.49. The van der Waals surface area contributed by atoms with E-state index >= 15 is 0 Å². The molecule has 0 saturated carbocycles. The molecule has 0 amide bonds. The molecule has 1 N–H and O–H groups in total. The van der Waals surface area contributed by atoms with Gasteiger partial charge in [0.15, 0.2) is 0 Å². The van der Waals surface area contributed by atoms with Crippen molar-refractivity contribution in [3.05, 3.63) is 0 Å². The van der Waals surface area contributed by atoms with Crippen molar-refractivity contribution in [1.29, 1.82) is 0 Å². The summed E-state index contributed by atoms with van der Waals surface area (Å²) in [5.74, 6) is 0. The van der Waals surface area contributed by atoms with Crippen LogP contribution in [0.15, 0.2) is 0 Å². The lowest BCUT2D eigenvalue weighted by atomic mass is 10.2. The van der Waals surface area contributed by atoms with Crippen molar-refractivity contribution in [3.8, 4) is 0 Å². The molecule has 0 aromatic rings. The molecule has 2 aliphatic heterocycles.